The highest BCUT2D eigenvalue weighted by atomic mass is 19.3. The van der Waals surface area contributed by atoms with E-state index in [0.29, 0.717) is 17.1 Å². The van der Waals surface area contributed by atoms with E-state index in [0.717, 1.165) is 6.08 Å². The SMILES string of the molecule is C#CCOc1ccc(C=CC(F)(F)Cc2ccccc2C(=O)O)cc1OC. The maximum atomic E-state index is 14.3. The highest BCUT2D eigenvalue weighted by Crippen LogP contribution is 2.30. The molecule has 0 heterocycles. The van der Waals surface area contributed by atoms with Crippen LogP contribution in [0.5, 0.6) is 11.5 Å². The molecule has 0 fully saturated rings. The van der Waals surface area contributed by atoms with Crippen LogP contribution in [0, 0.1) is 12.3 Å². The summed E-state index contributed by atoms with van der Waals surface area (Å²) >= 11 is 0. The van der Waals surface area contributed by atoms with Crippen LogP contribution in [0.1, 0.15) is 21.5 Å². The Labute approximate surface area is 156 Å². The van der Waals surface area contributed by atoms with Gasteiger partial charge < -0.3 is 14.6 Å². The molecule has 140 valence electrons. The van der Waals surface area contributed by atoms with Gasteiger partial charge in [-0.15, -0.1) is 6.42 Å². The van der Waals surface area contributed by atoms with Crippen molar-refractivity contribution in [1.29, 1.82) is 0 Å². The number of hydrogen-bond donors (Lipinski definition) is 1. The lowest BCUT2D eigenvalue weighted by molar-refractivity contribution is 0.0557. The average molecular weight is 372 g/mol. The van der Waals surface area contributed by atoms with Gasteiger partial charge in [0.1, 0.15) is 6.61 Å². The molecular formula is C21H18F2O4. The molecule has 0 saturated heterocycles. The van der Waals surface area contributed by atoms with Crippen molar-refractivity contribution in [2.75, 3.05) is 13.7 Å². The first kappa shape index (κ1) is 20.0. The minimum absolute atomic E-state index is 0.0621. The van der Waals surface area contributed by atoms with E-state index in [1.54, 1.807) is 18.2 Å². The number of methoxy groups -OCH3 is 1. The van der Waals surface area contributed by atoms with Gasteiger partial charge in [-0.2, -0.15) is 0 Å². The molecule has 0 atom stereocenters. The Hall–Kier alpha value is -3.33. The third-order valence-electron chi connectivity index (χ3n) is 3.69. The van der Waals surface area contributed by atoms with Crippen molar-refractivity contribution in [3.05, 3.63) is 65.2 Å². The van der Waals surface area contributed by atoms with Crippen LogP contribution < -0.4 is 9.47 Å². The highest BCUT2D eigenvalue weighted by Gasteiger charge is 2.27. The van der Waals surface area contributed by atoms with Gasteiger partial charge in [0.05, 0.1) is 12.7 Å². The van der Waals surface area contributed by atoms with Gasteiger partial charge in [0.15, 0.2) is 11.5 Å². The summed E-state index contributed by atoms with van der Waals surface area (Å²) in [5, 5.41) is 9.11. The number of benzene rings is 2. The fourth-order valence-electron chi connectivity index (χ4n) is 2.44. The molecule has 2 rings (SSSR count). The normalized spacial score (nSPS) is 11.2. The Morgan fingerprint density at radius 1 is 1.26 bits per heavy atom. The van der Waals surface area contributed by atoms with Crippen LogP contribution >= 0.6 is 0 Å². The topological polar surface area (TPSA) is 55.8 Å². The number of terminal acetylenes is 1. The second kappa shape index (κ2) is 8.86. The standard InChI is InChI=1S/C21H18F2O4/c1-3-12-27-18-9-8-15(13-19(18)26-2)10-11-21(22,23)14-16-6-4-5-7-17(16)20(24)25/h1,4-11,13H,12,14H2,2H3,(H,24,25). The third-order valence-corrected chi connectivity index (χ3v) is 3.69. The van der Waals surface area contributed by atoms with Crippen LogP contribution in [0.3, 0.4) is 0 Å². The number of halogens is 2. The zero-order chi connectivity index (χ0) is 19.9. The minimum atomic E-state index is -3.22. The predicted molar refractivity (Wildman–Crippen MR) is 98.4 cm³/mol. The largest absolute Gasteiger partial charge is 0.493 e. The number of hydrogen-bond acceptors (Lipinski definition) is 3. The molecule has 6 heteroatoms. The van der Waals surface area contributed by atoms with Crippen LogP contribution in [0.25, 0.3) is 6.08 Å². The summed E-state index contributed by atoms with van der Waals surface area (Å²) in [6.45, 7) is 0.0621. The van der Waals surface area contributed by atoms with Crippen molar-refractivity contribution in [2.24, 2.45) is 0 Å². The van der Waals surface area contributed by atoms with Crippen molar-refractivity contribution >= 4 is 12.0 Å². The molecule has 0 spiro atoms. The Kier molecular flexibility index (Phi) is 6.56. The molecule has 0 bridgehead atoms. The Bertz CT molecular complexity index is 882. The molecule has 0 aliphatic carbocycles. The van der Waals surface area contributed by atoms with Gasteiger partial charge in [-0.3, -0.25) is 0 Å². The van der Waals surface area contributed by atoms with E-state index >= 15 is 0 Å². The monoisotopic (exact) mass is 372 g/mol. The lowest BCUT2D eigenvalue weighted by Gasteiger charge is -2.14. The van der Waals surface area contributed by atoms with Crippen LogP contribution in [0.15, 0.2) is 48.5 Å². The maximum Gasteiger partial charge on any atom is 0.335 e. The summed E-state index contributed by atoms with van der Waals surface area (Å²) in [4.78, 5) is 11.2. The molecule has 4 nitrogen and oxygen atoms in total. The third kappa shape index (κ3) is 5.58. The Morgan fingerprint density at radius 3 is 2.67 bits per heavy atom. The molecule has 0 amide bonds. The summed E-state index contributed by atoms with van der Waals surface area (Å²) < 4.78 is 39.1. The van der Waals surface area contributed by atoms with Gasteiger partial charge >= 0.3 is 5.97 Å². The second-order valence-corrected chi connectivity index (χ2v) is 5.64. The van der Waals surface area contributed by atoms with Gasteiger partial charge in [0, 0.05) is 6.42 Å². The van der Waals surface area contributed by atoms with E-state index in [2.05, 4.69) is 5.92 Å². The van der Waals surface area contributed by atoms with E-state index in [4.69, 9.17) is 21.0 Å². The number of ether oxygens (including phenoxy) is 2. The number of rotatable bonds is 8. The maximum absolute atomic E-state index is 14.3. The predicted octanol–water partition coefficient (Wildman–Crippen LogP) is 4.30. The van der Waals surface area contributed by atoms with Gasteiger partial charge in [-0.25, -0.2) is 13.6 Å². The summed E-state index contributed by atoms with van der Waals surface area (Å²) in [5.41, 5.74) is 0.406. The fraction of sp³-hybridized carbons (Fsp3) is 0.190. The molecule has 0 aromatic heterocycles. The van der Waals surface area contributed by atoms with Crippen molar-refractivity contribution in [1.82, 2.24) is 0 Å². The van der Waals surface area contributed by atoms with Gasteiger partial charge in [0.2, 0.25) is 0 Å². The van der Waals surface area contributed by atoms with E-state index in [1.165, 1.54) is 37.5 Å². The number of alkyl halides is 2. The second-order valence-electron chi connectivity index (χ2n) is 5.64. The molecule has 1 N–H and O–H groups in total. The lowest BCUT2D eigenvalue weighted by Crippen LogP contribution is -2.18. The molecule has 0 unspecified atom stereocenters. The fourth-order valence-corrected chi connectivity index (χ4v) is 2.44. The Balaban J connectivity index is 2.19. The minimum Gasteiger partial charge on any atom is -0.493 e. The zero-order valence-electron chi connectivity index (χ0n) is 14.6. The summed E-state index contributed by atoms with van der Waals surface area (Å²) in [5.74, 6) is -1.35. The van der Waals surface area contributed by atoms with Gasteiger partial charge in [-0.1, -0.05) is 36.3 Å². The van der Waals surface area contributed by atoms with E-state index in [-0.39, 0.29) is 17.7 Å². The summed E-state index contributed by atoms with van der Waals surface area (Å²) in [6, 6.07) is 10.4. The molecule has 0 aliphatic rings. The van der Waals surface area contributed by atoms with Gasteiger partial charge in [-0.05, 0) is 35.4 Å². The lowest BCUT2D eigenvalue weighted by atomic mass is 10.0. The summed E-state index contributed by atoms with van der Waals surface area (Å²) in [7, 11) is 1.43. The van der Waals surface area contributed by atoms with Crippen molar-refractivity contribution in [2.45, 2.75) is 12.3 Å². The molecule has 0 saturated carbocycles. The molecule has 2 aromatic carbocycles. The zero-order valence-corrected chi connectivity index (χ0v) is 14.6. The number of aromatic carboxylic acids is 1. The van der Waals surface area contributed by atoms with Crippen molar-refractivity contribution in [3.63, 3.8) is 0 Å². The molecule has 2 aromatic rings. The van der Waals surface area contributed by atoms with Crippen molar-refractivity contribution < 1.29 is 28.2 Å². The molecule has 0 aliphatic heterocycles. The number of allylic oxidation sites excluding steroid dienone is 1. The van der Waals surface area contributed by atoms with E-state index in [9.17, 15) is 13.6 Å². The number of carbonyl (C=O) groups is 1. The van der Waals surface area contributed by atoms with Crippen molar-refractivity contribution in [3.8, 4) is 23.8 Å². The quantitative estimate of drug-likeness (QED) is 0.702. The first-order valence-electron chi connectivity index (χ1n) is 7.99. The average Bonchev–Trinajstić information content (AvgIpc) is 2.65. The van der Waals surface area contributed by atoms with Crippen LogP contribution in [-0.4, -0.2) is 30.7 Å². The molecular weight excluding hydrogens is 354 g/mol. The van der Waals surface area contributed by atoms with Crippen LogP contribution in [-0.2, 0) is 6.42 Å². The van der Waals surface area contributed by atoms with Crippen LogP contribution in [0.4, 0.5) is 8.78 Å². The first-order valence-corrected chi connectivity index (χ1v) is 7.99. The van der Waals surface area contributed by atoms with E-state index in [1.807, 2.05) is 0 Å². The highest BCUT2D eigenvalue weighted by molar-refractivity contribution is 5.89. The number of carboxylic acids is 1. The molecule has 0 radical (unpaired) electrons. The molecule has 27 heavy (non-hydrogen) atoms. The Morgan fingerprint density at radius 2 is 2.00 bits per heavy atom. The summed E-state index contributed by atoms with van der Waals surface area (Å²) in [6.07, 6.45) is 6.41. The smallest absolute Gasteiger partial charge is 0.335 e. The number of carboxylic acid groups (broad SMARTS) is 1. The first-order chi connectivity index (χ1) is 12.9. The van der Waals surface area contributed by atoms with Crippen LogP contribution in [0.2, 0.25) is 0 Å². The van der Waals surface area contributed by atoms with E-state index < -0.39 is 18.3 Å². The van der Waals surface area contributed by atoms with Gasteiger partial charge in [0.25, 0.3) is 5.92 Å².